The third-order valence-electron chi connectivity index (χ3n) is 11.6. The molecule has 1 atom stereocenters. The first-order valence-corrected chi connectivity index (χ1v) is 22.9. The van der Waals surface area contributed by atoms with Crippen LogP contribution in [0.3, 0.4) is 0 Å². The standard InChI is InChI=1S/C47H85N3O.ClH/c1-3-5-7-9-11-13-15-17-19-21-23-25-27-29-34-38-46-48-40-42-50(46,44-45-36-32-31-33-37-45)43-41-49-47(51)39-35-30-28-26-24-22-20-18-16-14-12-10-8-6-4-2;/h31-33,36-37H,3-30,34-35,38-44H2,1-2H3;1H. The lowest BCUT2D eigenvalue weighted by Gasteiger charge is -2.35. The smallest absolute Gasteiger partial charge is 0.220 e. The van der Waals surface area contributed by atoms with E-state index < -0.39 is 0 Å². The molecule has 0 fully saturated rings. The molecule has 1 aliphatic heterocycles. The third-order valence-corrected chi connectivity index (χ3v) is 11.6. The average molecular weight is 745 g/mol. The van der Waals surface area contributed by atoms with E-state index in [9.17, 15) is 4.79 Å². The molecule has 4 nitrogen and oxygen atoms in total. The minimum absolute atomic E-state index is 0. The second-order valence-electron chi connectivity index (χ2n) is 16.3. The summed E-state index contributed by atoms with van der Waals surface area (Å²) in [5, 5.41) is 3.30. The molecular formula is C47H86ClN3O. The van der Waals surface area contributed by atoms with Crippen LogP contribution in [-0.2, 0) is 11.3 Å². The molecule has 0 spiro atoms. The Balaban J connectivity index is 0.0000135. The van der Waals surface area contributed by atoms with Crippen LogP contribution in [0, 0.1) is 0 Å². The highest BCUT2D eigenvalue weighted by atomic mass is 35.5. The SMILES string of the molecule is CCCCCCCCCCCCCCCCCC(=O)NCC[N+]1(Cc2ccccc2)CCN=C1CCCCCCCCCCCCCCCCC.[Cl-]. The lowest BCUT2D eigenvalue weighted by molar-refractivity contribution is -0.849. The number of aliphatic imine (C=N–C) groups is 1. The quantitative estimate of drug-likeness (QED) is 0.0535. The summed E-state index contributed by atoms with van der Waals surface area (Å²) in [7, 11) is 0. The number of amides is 1. The van der Waals surface area contributed by atoms with Crippen LogP contribution in [0.4, 0.5) is 0 Å². The van der Waals surface area contributed by atoms with Crippen molar-refractivity contribution in [2.75, 3.05) is 26.2 Å². The van der Waals surface area contributed by atoms with Crippen molar-refractivity contribution >= 4 is 11.7 Å². The highest BCUT2D eigenvalue weighted by Gasteiger charge is 2.37. The lowest BCUT2D eigenvalue weighted by atomic mass is 10.0. The normalized spacial score (nSPS) is 15.5. The molecule has 1 aliphatic rings. The van der Waals surface area contributed by atoms with E-state index in [0.29, 0.717) is 6.42 Å². The number of quaternary nitrogens is 1. The van der Waals surface area contributed by atoms with E-state index in [-0.39, 0.29) is 18.3 Å². The predicted octanol–water partition coefficient (Wildman–Crippen LogP) is 11.1. The number of carbonyl (C=O) groups excluding carboxylic acids is 1. The lowest BCUT2D eigenvalue weighted by Crippen LogP contribution is -3.00. The zero-order chi connectivity index (χ0) is 36.3. The van der Waals surface area contributed by atoms with Crippen molar-refractivity contribution in [1.82, 2.24) is 5.32 Å². The van der Waals surface area contributed by atoms with Crippen molar-refractivity contribution in [3.05, 3.63) is 35.9 Å². The van der Waals surface area contributed by atoms with Crippen molar-refractivity contribution in [1.29, 1.82) is 0 Å². The Morgan fingerprint density at radius 2 is 0.981 bits per heavy atom. The zero-order valence-electron chi connectivity index (χ0n) is 34.7. The Bertz CT molecular complexity index is 953. The zero-order valence-corrected chi connectivity index (χ0v) is 35.5. The monoisotopic (exact) mass is 744 g/mol. The number of nitrogens with zero attached hydrogens (tertiary/aromatic N) is 2. The molecule has 1 N–H and O–H groups in total. The molecule has 5 heteroatoms. The maximum Gasteiger partial charge on any atom is 0.220 e. The van der Waals surface area contributed by atoms with Gasteiger partial charge in [-0.15, -0.1) is 0 Å². The van der Waals surface area contributed by atoms with Crippen LogP contribution < -0.4 is 17.7 Å². The number of nitrogens with one attached hydrogen (secondary N) is 1. The maximum absolute atomic E-state index is 12.8. The van der Waals surface area contributed by atoms with E-state index in [1.54, 1.807) is 0 Å². The number of rotatable bonds is 37. The molecule has 0 aromatic heterocycles. The summed E-state index contributed by atoms with van der Waals surface area (Å²) < 4.78 is 0.932. The van der Waals surface area contributed by atoms with E-state index in [0.717, 1.165) is 50.0 Å². The number of hydrogen-bond acceptors (Lipinski definition) is 2. The van der Waals surface area contributed by atoms with Crippen LogP contribution in [0.25, 0.3) is 0 Å². The molecule has 0 aliphatic carbocycles. The summed E-state index contributed by atoms with van der Waals surface area (Å²) in [6, 6.07) is 11.0. The van der Waals surface area contributed by atoms with Crippen molar-refractivity contribution in [3.8, 4) is 0 Å². The van der Waals surface area contributed by atoms with E-state index in [1.807, 2.05) is 0 Å². The Kier molecular flexibility index (Phi) is 33.0. The van der Waals surface area contributed by atoms with Crippen molar-refractivity contribution in [3.63, 3.8) is 0 Å². The van der Waals surface area contributed by atoms with Gasteiger partial charge in [-0.05, 0) is 12.8 Å². The highest BCUT2D eigenvalue weighted by molar-refractivity contribution is 5.77. The minimum Gasteiger partial charge on any atom is -1.00 e. The van der Waals surface area contributed by atoms with Gasteiger partial charge in [-0.1, -0.05) is 224 Å². The maximum atomic E-state index is 12.8. The molecule has 0 saturated carbocycles. The Morgan fingerprint density at radius 1 is 0.577 bits per heavy atom. The third kappa shape index (κ3) is 25.6. The minimum atomic E-state index is 0. The molecule has 302 valence electrons. The Labute approximate surface area is 330 Å². The van der Waals surface area contributed by atoms with Crippen molar-refractivity contribution < 1.29 is 21.7 Å². The summed E-state index contributed by atoms with van der Waals surface area (Å²) in [5.74, 6) is 1.62. The molecule has 2 rings (SSSR count). The van der Waals surface area contributed by atoms with Crippen molar-refractivity contribution in [2.24, 2.45) is 4.99 Å². The average Bonchev–Trinajstić information content (AvgIpc) is 3.53. The Hall–Kier alpha value is -1.39. The molecule has 1 amide bonds. The largest absolute Gasteiger partial charge is 1.00 e. The first-order valence-electron chi connectivity index (χ1n) is 22.9. The van der Waals surface area contributed by atoms with Gasteiger partial charge < -0.3 is 17.7 Å². The van der Waals surface area contributed by atoms with Gasteiger partial charge in [0.2, 0.25) is 5.91 Å². The molecule has 0 radical (unpaired) electrons. The molecule has 0 saturated heterocycles. The topological polar surface area (TPSA) is 41.5 Å². The van der Waals surface area contributed by atoms with E-state index >= 15 is 0 Å². The fourth-order valence-electron chi connectivity index (χ4n) is 8.20. The van der Waals surface area contributed by atoms with Gasteiger partial charge in [0.15, 0.2) is 5.84 Å². The van der Waals surface area contributed by atoms with Crippen LogP contribution in [0.2, 0.25) is 0 Å². The summed E-state index contributed by atoms with van der Waals surface area (Å²) in [5.41, 5.74) is 1.38. The fourth-order valence-corrected chi connectivity index (χ4v) is 8.20. The molecule has 1 heterocycles. The van der Waals surface area contributed by atoms with Crippen LogP contribution in [0.5, 0.6) is 0 Å². The van der Waals surface area contributed by atoms with Gasteiger partial charge in [0, 0.05) is 18.4 Å². The molecule has 52 heavy (non-hydrogen) atoms. The molecular weight excluding hydrogens is 658 g/mol. The number of unbranched alkanes of at least 4 members (excludes halogenated alkanes) is 28. The van der Waals surface area contributed by atoms with Crippen molar-refractivity contribution in [2.45, 2.75) is 226 Å². The molecule has 1 aromatic carbocycles. The molecule has 1 aromatic rings. The highest BCUT2D eigenvalue weighted by Crippen LogP contribution is 2.24. The number of halogens is 1. The summed E-state index contributed by atoms with van der Waals surface area (Å²) in [6.45, 7) is 9.29. The van der Waals surface area contributed by atoms with Gasteiger partial charge in [-0.3, -0.25) is 9.28 Å². The first-order chi connectivity index (χ1) is 25.2. The van der Waals surface area contributed by atoms with E-state index in [1.165, 1.54) is 198 Å². The Morgan fingerprint density at radius 3 is 1.42 bits per heavy atom. The van der Waals surface area contributed by atoms with E-state index in [4.69, 9.17) is 4.99 Å². The fraction of sp³-hybridized carbons (Fsp3) is 0.830. The number of carbonyl (C=O) groups is 1. The van der Waals surface area contributed by atoms with Crippen LogP contribution in [-0.4, -0.2) is 42.4 Å². The van der Waals surface area contributed by atoms with Crippen LogP contribution >= 0.6 is 0 Å². The van der Waals surface area contributed by atoms with Gasteiger partial charge in [-0.2, -0.15) is 0 Å². The van der Waals surface area contributed by atoms with E-state index in [2.05, 4.69) is 49.5 Å². The number of benzene rings is 1. The summed E-state index contributed by atoms with van der Waals surface area (Å²) >= 11 is 0. The van der Waals surface area contributed by atoms with Gasteiger partial charge in [-0.25, -0.2) is 4.99 Å². The van der Waals surface area contributed by atoms with Gasteiger partial charge >= 0.3 is 0 Å². The second kappa shape index (κ2) is 35.3. The van der Waals surface area contributed by atoms with Gasteiger partial charge in [0.1, 0.15) is 19.6 Å². The second-order valence-corrected chi connectivity index (χ2v) is 16.3. The number of hydrogen-bond donors (Lipinski definition) is 1. The van der Waals surface area contributed by atoms with Crippen LogP contribution in [0.1, 0.15) is 225 Å². The molecule has 1 unspecified atom stereocenters. The number of amidine groups is 1. The van der Waals surface area contributed by atoms with Crippen LogP contribution in [0.15, 0.2) is 35.3 Å². The summed E-state index contributed by atoms with van der Waals surface area (Å²) in [4.78, 5) is 17.9. The molecule has 0 bridgehead atoms. The van der Waals surface area contributed by atoms with Gasteiger partial charge in [0.05, 0.1) is 13.1 Å². The predicted molar refractivity (Wildman–Crippen MR) is 225 cm³/mol. The first kappa shape index (κ1) is 48.6. The summed E-state index contributed by atoms with van der Waals surface area (Å²) in [6.07, 6.45) is 43.2. The van der Waals surface area contributed by atoms with Gasteiger partial charge in [0.25, 0.3) is 0 Å².